The number of hydrogen-bond acceptors (Lipinski definition) is 4. The van der Waals surface area contributed by atoms with Crippen molar-refractivity contribution in [3.8, 4) is 0 Å². The van der Waals surface area contributed by atoms with Gasteiger partial charge in [0.05, 0.1) is 17.1 Å². The number of nitrogens with one attached hydrogen (secondary N) is 1. The lowest BCUT2D eigenvalue weighted by Crippen LogP contribution is -2.54. The highest BCUT2D eigenvalue weighted by Gasteiger charge is 2.54. The molecule has 164 valence electrons. The van der Waals surface area contributed by atoms with Crippen molar-refractivity contribution in [2.75, 3.05) is 6.54 Å². The number of likely N-dealkylation sites (tertiary alicyclic amines) is 1. The quantitative estimate of drug-likeness (QED) is 0.667. The van der Waals surface area contributed by atoms with E-state index in [9.17, 15) is 14.7 Å². The molecule has 8 heteroatoms. The van der Waals surface area contributed by atoms with Crippen molar-refractivity contribution >= 4 is 19.1 Å². The van der Waals surface area contributed by atoms with Crippen molar-refractivity contribution in [3.63, 3.8) is 0 Å². The maximum atomic E-state index is 13.0. The minimum atomic E-state index is -1.05. The zero-order valence-electron chi connectivity index (χ0n) is 18.4. The predicted molar refractivity (Wildman–Crippen MR) is 115 cm³/mol. The van der Waals surface area contributed by atoms with Crippen LogP contribution >= 0.6 is 0 Å². The Kier molecular flexibility index (Phi) is 6.77. The molecule has 7 nitrogen and oxygen atoms in total. The Bertz CT molecular complexity index is 739. The van der Waals surface area contributed by atoms with Crippen LogP contribution in [0.3, 0.4) is 0 Å². The summed E-state index contributed by atoms with van der Waals surface area (Å²) in [6, 6.07) is 9.55. The fraction of sp³-hybridized carbons (Fsp3) is 0.636. The highest BCUT2D eigenvalue weighted by atomic mass is 16.7. The first kappa shape index (κ1) is 22.6. The molecule has 1 aromatic rings. The minimum Gasteiger partial charge on any atom is -0.465 e. The van der Waals surface area contributed by atoms with Crippen molar-refractivity contribution in [1.82, 2.24) is 10.2 Å². The highest BCUT2D eigenvalue weighted by molar-refractivity contribution is 6.48. The molecule has 2 heterocycles. The van der Waals surface area contributed by atoms with E-state index in [2.05, 4.69) is 17.4 Å². The number of carbonyl (C=O) groups excluding carboxylic acids is 1. The van der Waals surface area contributed by atoms with Gasteiger partial charge >= 0.3 is 13.2 Å². The lowest BCUT2D eigenvalue weighted by atomic mass is 9.75. The van der Waals surface area contributed by atoms with Crippen molar-refractivity contribution in [2.45, 2.75) is 83.0 Å². The molecular formula is C22H33BN2O5. The molecular weight excluding hydrogens is 383 g/mol. The van der Waals surface area contributed by atoms with E-state index in [1.807, 2.05) is 45.9 Å². The van der Waals surface area contributed by atoms with Gasteiger partial charge in [0.15, 0.2) is 0 Å². The van der Waals surface area contributed by atoms with Gasteiger partial charge in [-0.15, -0.1) is 0 Å². The van der Waals surface area contributed by atoms with E-state index in [-0.39, 0.29) is 11.8 Å². The fourth-order valence-corrected chi connectivity index (χ4v) is 4.05. The van der Waals surface area contributed by atoms with Gasteiger partial charge in [0.2, 0.25) is 5.91 Å². The molecule has 0 saturated carbocycles. The van der Waals surface area contributed by atoms with Crippen LogP contribution in [0.2, 0.25) is 0 Å². The highest BCUT2D eigenvalue weighted by Crippen LogP contribution is 2.38. The van der Waals surface area contributed by atoms with E-state index >= 15 is 0 Å². The Morgan fingerprint density at radius 1 is 1.20 bits per heavy atom. The van der Waals surface area contributed by atoms with Crippen molar-refractivity contribution in [1.29, 1.82) is 0 Å². The molecule has 2 atom stereocenters. The summed E-state index contributed by atoms with van der Waals surface area (Å²) in [5.74, 6) is -0.618. The normalized spacial score (nSPS) is 23.4. The number of rotatable bonds is 7. The maximum Gasteiger partial charge on any atom is 0.481 e. The number of amides is 2. The van der Waals surface area contributed by atoms with E-state index in [1.54, 1.807) is 0 Å². The first-order valence-corrected chi connectivity index (χ1v) is 10.8. The zero-order chi connectivity index (χ0) is 21.9. The van der Waals surface area contributed by atoms with E-state index in [0.29, 0.717) is 25.8 Å². The third-order valence-electron chi connectivity index (χ3n) is 6.55. The standard InChI is InChI=1S/C22H33BN2O5/c1-21(2)22(3,4)30-23(29-21)18(14-8-12-16-10-6-5-7-11-16)24-19(26)17-13-9-15-25(17)20(27)28/h5-7,10-11,17-18H,8-9,12-15H2,1-4H3,(H,24,26)(H,27,28)/t17-,18?/m1/s1. The van der Waals surface area contributed by atoms with E-state index in [1.165, 1.54) is 10.5 Å². The molecule has 2 aliphatic heterocycles. The van der Waals surface area contributed by atoms with E-state index in [0.717, 1.165) is 12.8 Å². The Morgan fingerprint density at radius 2 is 1.83 bits per heavy atom. The fourth-order valence-electron chi connectivity index (χ4n) is 4.05. The summed E-state index contributed by atoms with van der Waals surface area (Å²) >= 11 is 0. The van der Waals surface area contributed by atoms with Gasteiger partial charge in [-0.25, -0.2) is 4.79 Å². The van der Waals surface area contributed by atoms with Crippen molar-refractivity contribution in [3.05, 3.63) is 35.9 Å². The molecule has 2 N–H and O–H groups in total. The summed E-state index contributed by atoms with van der Waals surface area (Å²) in [5, 5.41) is 12.4. The lowest BCUT2D eigenvalue weighted by Gasteiger charge is -2.32. The molecule has 0 aromatic heterocycles. The molecule has 0 bridgehead atoms. The summed E-state index contributed by atoms with van der Waals surface area (Å²) in [6.45, 7) is 8.33. The average molecular weight is 416 g/mol. The molecule has 0 spiro atoms. The largest absolute Gasteiger partial charge is 0.481 e. The second-order valence-electron chi connectivity index (χ2n) is 9.25. The van der Waals surface area contributed by atoms with Crippen LogP contribution < -0.4 is 5.32 Å². The molecule has 2 saturated heterocycles. The molecule has 1 aromatic carbocycles. The second-order valence-corrected chi connectivity index (χ2v) is 9.25. The third-order valence-corrected chi connectivity index (χ3v) is 6.55. The topological polar surface area (TPSA) is 88.1 Å². The smallest absolute Gasteiger partial charge is 0.465 e. The summed E-state index contributed by atoms with van der Waals surface area (Å²) in [6.07, 6.45) is 2.60. The zero-order valence-corrected chi connectivity index (χ0v) is 18.4. The number of aryl methyl sites for hydroxylation is 1. The predicted octanol–water partition coefficient (Wildman–Crippen LogP) is 3.27. The van der Waals surface area contributed by atoms with Gasteiger partial charge in [0.25, 0.3) is 0 Å². The minimum absolute atomic E-state index is 0.269. The number of nitrogens with zero attached hydrogens (tertiary/aromatic N) is 1. The molecule has 0 radical (unpaired) electrons. The van der Waals surface area contributed by atoms with Crippen LogP contribution in [0.15, 0.2) is 30.3 Å². The average Bonchev–Trinajstić information content (AvgIpc) is 3.24. The summed E-state index contributed by atoms with van der Waals surface area (Å²) in [7, 11) is -0.575. The first-order chi connectivity index (χ1) is 14.1. The summed E-state index contributed by atoms with van der Waals surface area (Å²) < 4.78 is 12.4. The van der Waals surface area contributed by atoms with Gasteiger partial charge in [-0.3, -0.25) is 9.69 Å². The second kappa shape index (κ2) is 8.98. The molecule has 2 aliphatic rings. The molecule has 1 unspecified atom stereocenters. The van der Waals surface area contributed by atoms with Crippen LogP contribution in [0.4, 0.5) is 4.79 Å². The van der Waals surface area contributed by atoms with Crippen LogP contribution in [0, 0.1) is 0 Å². The van der Waals surface area contributed by atoms with Gasteiger partial charge in [-0.05, 0) is 65.4 Å². The van der Waals surface area contributed by atoms with Gasteiger partial charge in [0.1, 0.15) is 6.04 Å². The van der Waals surface area contributed by atoms with Gasteiger partial charge in [0, 0.05) is 6.54 Å². The number of hydrogen-bond donors (Lipinski definition) is 2. The van der Waals surface area contributed by atoms with Gasteiger partial charge in [-0.2, -0.15) is 0 Å². The van der Waals surface area contributed by atoms with Crippen molar-refractivity contribution in [2.24, 2.45) is 0 Å². The van der Waals surface area contributed by atoms with Crippen LogP contribution in [0.5, 0.6) is 0 Å². The van der Waals surface area contributed by atoms with Crippen LogP contribution in [0.25, 0.3) is 0 Å². The van der Waals surface area contributed by atoms with Crippen molar-refractivity contribution < 1.29 is 24.0 Å². The van der Waals surface area contributed by atoms with Crippen LogP contribution in [0.1, 0.15) is 58.9 Å². The molecule has 0 aliphatic carbocycles. The molecule has 3 rings (SSSR count). The Labute approximate surface area is 179 Å². The van der Waals surface area contributed by atoms with E-state index in [4.69, 9.17) is 9.31 Å². The van der Waals surface area contributed by atoms with E-state index < -0.39 is 30.5 Å². The van der Waals surface area contributed by atoms with Gasteiger partial charge < -0.3 is 19.7 Å². The molecule has 2 amide bonds. The maximum absolute atomic E-state index is 13.0. The lowest BCUT2D eigenvalue weighted by molar-refractivity contribution is -0.125. The van der Waals surface area contributed by atoms with Gasteiger partial charge in [-0.1, -0.05) is 30.3 Å². The molecule has 30 heavy (non-hydrogen) atoms. The molecule has 2 fully saturated rings. The Balaban J connectivity index is 1.69. The Hall–Kier alpha value is -2.06. The SMILES string of the molecule is CC1(C)OB(C(CCCc2ccccc2)NC(=O)[C@H]2CCCN2C(=O)O)OC1(C)C. The summed E-state index contributed by atoms with van der Waals surface area (Å²) in [4.78, 5) is 25.6. The first-order valence-electron chi connectivity index (χ1n) is 10.8. The Morgan fingerprint density at radius 3 is 2.43 bits per heavy atom. The monoisotopic (exact) mass is 416 g/mol. The van der Waals surface area contributed by atoms with Crippen LogP contribution in [-0.4, -0.2) is 58.9 Å². The van der Waals surface area contributed by atoms with Crippen LogP contribution in [-0.2, 0) is 20.5 Å². The number of carbonyl (C=O) groups is 2. The number of benzene rings is 1. The summed E-state index contributed by atoms with van der Waals surface area (Å²) in [5.41, 5.74) is 0.241. The third kappa shape index (κ3) is 4.98. The number of carboxylic acid groups (broad SMARTS) is 1.